The maximum Gasteiger partial charge on any atom is 0.349 e. The molecule has 0 saturated heterocycles. The van der Waals surface area contributed by atoms with Crippen LogP contribution in [0.15, 0.2) is 70.1 Å². The number of aromatic nitrogens is 2. The second kappa shape index (κ2) is 7.43. The Balaban J connectivity index is 1.55. The Labute approximate surface area is 178 Å². The highest BCUT2D eigenvalue weighted by Gasteiger charge is 2.31. The van der Waals surface area contributed by atoms with Crippen molar-refractivity contribution < 1.29 is 13.9 Å². The lowest BCUT2D eigenvalue weighted by Gasteiger charge is -2.34. The second-order valence-electron chi connectivity index (χ2n) is 7.71. The van der Waals surface area contributed by atoms with E-state index in [2.05, 4.69) is 11.2 Å². The zero-order valence-electron chi connectivity index (χ0n) is 17.2. The molecular weight excluding hydrogens is 394 g/mol. The molecule has 1 aliphatic heterocycles. The van der Waals surface area contributed by atoms with Gasteiger partial charge in [-0.05, 0) is 28.8 Å². The van der Waals surface area contributed by atoms with Gasteiger partial charge >= 0.3 is 5.63 Å². The Morgan fingerprint density at radius 2 is 2.03 bits per heavy atom. The van der Waals surface area contributed by atoms with E-state index in [0.717, 1.165) is 11.1 Å². The number of carbonyl (C=O) groups excluding carboxylic acids is 1. The van der Waals surface area contributed by atoms with Crippen LogP contribution in [-0.4, -0.2) is 34.2 Å². The third kappa shape index (κ3) is 3.28. The van der Waals surface area contributed by atoms with Gasteiger partial charge in [-0.25, -0.2) is 4.79 Å². The van der Waals surface area contributed by atoms with E-state index in [0.29, 0.717) is 29.8 Å². The van der Waals surface area contributed by atoms with E-state index in [4.69, 9.17) is 9.15 Å². The number of hydrogen-bond acceptors (Lipinski definition) is 5. The summed E-state index contributed by atoms with van der Waals surface area (Å²) < 4.78 is 12.5. The lowest BCUT2D eigenvalue weighted by Crippen LogP contribution is -2.40. The number of carbonyl (C=O) groups is 1. The highest BCUT2D eigenvalue weighted by atomic mass is 16.5. The molecule has 2 aromatic heterocycles. The number of methoxy groups -OCH3 is 1. The molecule has 4 aromatic rings. The van der Waals surface area contributed by atoms with Crippen LogP contribution in [0, 0.1) is 0 Å². The molecule has 5 rings (SSSR count). The Hall–Kier alpha value is -3.87. The molecule has 3 heterocycles. The minimum absolute atomic E-state index is 0.0183. The Bertz CT molecular complexity index is 1350. The van der Waals surface area contributed by atoms with E-state index in [9.17, 15) is 9.59 Å². The normalized spacial score (nSPS) is 15.7. The highest BCUT2D eigenvalue weighted by molar-refractivity contribution is 5.97. The molecule has 0 spiro atoms. The van der Waals surface area contributed by atoms with E-state index in [-0.39, 0.29) is 17.4 Å². The standard InChI is InChI=1S/C24H21N3O4/c1-26-12-17(11-25-26)20-14-27(13-16-6-3-4-8-18(16)20)23(28)19-10-15-7-5-9-21(30-2)22(15)31-24(19)29/h3-12,20H,13-14H2,1-2H3. The summed E-state index contributed by atoms with van der Waals surface area (Å²) in [7, 11) is 3.38. The molecule has 7 heteroatoms. The first-order chi connectivity index (χ1) is 15.0. The summed E-state index contributed by atoms with van der Waals surface area (Å²) in [4.78, 5) is 27.8. The van der Waals surface area contributed by atoms with Crippen LogP contribution in [0.3, 0.4) is 0 Å². The molecule has 31 heavy (non-hydrogen) atoms. The number of aryl methyl sites for hydroxylation is 1. The summed E-state index contributed by atoms with van der Waals surface area (Å²) in [5, 5.41) is 4.94. The average Bonchev–Trinajstić information content (AvgIpc) is 3.23. The molecule has 0 saturated carbocycles. The van der Waals surface area contributed by atoms with Crippen molar-refractivity contribution in [3.05, 3.63) is 93.6 Å². The molecule has 0 N–H and O–H groups in total. The molecule has 0 bridgehead atoms. The summed E-state index contributed by atoms with van der Waals surface area (Å²) in [6.07, 6.45) is 3.79. The molecule has 1 atom stereocenters. The molecule has 0 radical (unpaired) electrons. The summed E-state index contributed by atoms with van der Waals surface area (Å²) in [5.41, 5.74) is 2.95. The number of nitrogens with zero attached hydrogens (tertiary/aromatic N) is 3. The van der Waals surface area contributed by atoms with Crippen LogP contribution in [0.5, 0.6) is 5.75 Å². The van der Waals surface area contributed by atoms with Crippen molar-refractivity contribution in [3.63, 3.8) is 0 Å². The van der Waals surface area contributed by atoms with Crippen LogP contribution in [0.4, 0.5) is 0 Å². The highest BCUT2D eigenvalue weighted by Crippen LogP contribution is 2.34. The van der Waals surface area contributed by atoms with Crippen LogP contribution in [0.25, 0.3) is 11.0 Å². The van der Waals surface area contributed by atoms with Crippen molar-refractivity contribution in [2.75, 3.05) is 13.7 Å². The molecule has 1 amide bonds. The minimum atomic E-state index is -0.668. The van der Waals surface area contributed by atoms with Gasteiger partial charge in [0.25, 0.3) is 5.91 Å². The molecule has 1 aliphatic rings. The fourth-order valence-corrected chi connectivity index (χ4v) is 4.26. The molecule has 2 aromatic carbocycles. The van der Waals surface area contributed by atoms with Gasteiger partial charge in [0.05, 0.1) is 13.3 Å². The van der Waals surface area contributed by atoms with E-state index >= 15 is 0 Å². The van der Waals surface area contributed by atoms with E-state index in [1.165, 1.54) is 12.7 Å². The van der Waals surface area contributed by atoms with Crippen LogP contribution < -0.4 is 10.4 Å². The van der Waals surface area contributed by atoms with Gasteiger partial charge in [0, 0.05) is 37.6 Å². The molecule has 156 valence electrons. The van der Waals surface area contributed by atoms with Gasteiger partial charge in [0.1, 0.15) is 5.56 Å². The average molecular weight is 415 g/mol. The summed E-state index contributed by atoms with van der Waals surface area (Å²) in [6.45, 7) is 0.887. The maximum absolute atomic E-state index is 13.4. The number of rotatable bonds is 3. The minimum Gasteiger partial charge on any atom is -0.493 e. The van der Waals surface area contributed by atoms with Gasteiger partial charge in [-0.15, -0.1) is 0 Å². The topological polar surface area (TPSA) is 77.6 Å². The van der Waals surface area contributed by atoms with Gasteiger partial charge in [-0.3, -0.25) is 9.48 Å². The lowest BCUT2D eigenvalue weighted by atomic mass is 9.86. The largest absolute Gasteiger partial charge is 0.493 e. The number of ether oxygens (including phenoxy) is 1. The van der Waals surface area contributed by atoms with Crippen molar-refractivity contribution >= 4 is 16.9 Å². The van der Waals surface area contributed by atoms with E-state index in [1.807, 2.05) is 37.6 Å². The lowest BCUT2D eigenvalue weighted by molar-refractivity contribution is 0.0721. The molecular formula is C24H21N3O4. The van der Waals surface area contributed by atoms with Crippen molar-refractivity contribution in [3.8, 4) is 5.75 Å². The van der Waals surface area contributed by atoms with Gasteiger partial charge in [-0.1, -0.05) is 36.4 Å². The number of para-hydroxylation sites is 1. The van der Waals surface area contributed by atoms with Crippen molar-refractivity contribution in [1.82, 2.24) is 14.7 Å². The SMILES string of the molecule is COc1cccc2cc(C(=O)N3Cc4ccccc4C(c4cnn(C)c4)C3)c(=O)oc12. The molecule has 0 aliphatic carbocycles. The Morgan fingerprint density at radius 3 is 2.81 bits per heavy atom. The van der Waals surface area contributed by atoms with Crippen LogP contribution in [0.2, 0.25) is 0 Å². The van der Waals surface area contributed by atoms with Crippen molar-refractivity contribution in [2.45, 2.75) is 12.5 Å². The summed E-state index contributed by atoms with van der Waals surface area (Å²) in [5.74, 6) is 0.0918. The van der Waals surface area contributed by atoms with Gasteiger partial charge in [-0.2, -0.15) is 5.10 Å². The predicted molar refractivity (Wildman–Crippen MR) is 115 cm³/mol. The third-order valence-electron chi connectivity index (χ3n) is 5.78. The molecule has 1 unspecified atom stereocenters. The van der Waals surface area contributed by atoms with Crippen molar-refractivity contribution in [1.29, 1.82) is 0 Å². The second-order valence-corrected chi connectivity index (χ2v) is 7.71. The number of hydrogen-bond donors (Lipinski definition) is 0. The smallest absolute Gasteiger partial charge is 0.349 e. The summed E-state index contributed by atoms with van der Waals surface area (Å²) >= 11 is 0. The summed E-state index contributed by atoms with van der Waals surface area (Å²) in [6, 6.07) is 15.0. The van der Waals surface area contributed by atoms with E-state index < -0.39 is 5.63 Å². The zero-order valence-corrected chi connectivity index (χ0v) is 17.2. The number of benzene rings is 2. The quantitative estimate of drug-likeness (QED) is 0.480. The van der Waals surface area contributed by atoms with Crippen molar-refractivity contribution in [2.24, 2.45) is 7.05 Å². The van der Waals surface area contributed by atoms with Crippen LogP contribution in [0.1, 0.15) is 33.0 Å². The van der Waals surface area contributed by atoms with E-state index in [1.54, 1.807) is 33.8 Å². The fourth-order valence-electron chi connectivity index (χ4n) is 4.26. The monoisotopic (exact) mass is 415 g/mol. The van der Waals surface area contributed by atoms with Gasteiger partial charge in [0.15, 0.2) is 11.3 Å². The Kier molecular flexibility index (Phi) is 4.58. The number of amides is 1. The van der Waals surface area contributed by atoms with Gasteiger partial charge in [0.2, 0.25) is 0 Å². The van der Waals surface area contributed by atoms with Crippen LogP contribution in [-0.2, 0) is 13.6 Å². The molecule has 7 nitrogen and oxygen atoms in total. The first kappa shape index (κ1) is 19.1. The molecule has 0 fully saturated rings. The first-order valence-corrected chi connectivity index (χ1v) is 10.0. The first-order valence-electron chi connectivity index (χ1n) is 10.0. The third-order valence-corrected chi connectivity index (χ3v) is 5.78. The fraction of sp³-hybridized carbons (Fsp3) is 0.208. The van der Waals surface area contributed by atoms with Crippen LogP contribution >= 0.6 is 0 Å². The predicted octanol–water partition coefficient (Wildman–Crippen LogP) is 3.32. The number of fused-ring (bicyclic) bond motifs is 2. The Morgan fingerprint density at radius 1 is 1.19 bits per heavy atom. The maximum atomic E-state index is 13.4. The van der Waals surface area contributed by atoms with Gasteiger partial charge < -0.3 is 14.1 Å². The zero-order chi connectivity index (χ0) is 21.5.